The van der Waals surface area contributed by atoms with Crippen LogP contribution in [0.3, 0.4) is 0 Å². The number of rotatable bonds is 7. The molecule has 0 radical (unpaired) electrons. The van der Waals surface area contributed by atoms with Crippen LogP contribution in [0.2, 0.25) is 0 Å². The predicted octanol–water partition coefficient (Wildman–Crippen LogP) is 2.93. The number of methoxy groups -OCH3 is 1. The van der Waals surface area contributed by atoms with Gasteiger partial charge in [0.1, 0.15) is 5.75 Å². The molecule has 25 heavy (non-hydrogen) atoms. The first-order chi connectivity index (χ1) is 12.0. The SMILES string of the molecule is COc1ccc(NC(=O)c2ccc(C)cc2)c(NC(=O)CCCN)c1. The number of aryl methyl sites for hydroxylation is 1. The van der Waals surface area contributed by atoms with Gasteiger partial charge in [0, 0.05) is 18.1 Å². The topological polar surface area (TPSA) is 93.5 Å². The third kappa shape index (κ3) is 5.32. The van der Waals surface area contributed by atoms with E-state index in [0.717, 1.165) is 5.56 Å². The third-order valence-electron chi connectivity index (χ3n) is 3.67. The second-order valence-electron chi connectivity index (χ2n) is 5.67. The maximum Gasteiger partial charge on any atom is 0.255 e. The number of hydrogen-bond donors (Lipinski definition) is 3. The van der Waals surface area contributed by atoms with E-state index in [1.165, 1.54) is 0 Å². The monoisotopic (exact) mass is 341 g/mol. The van der Waals surface area contributed by atoms with Crippen molar-refractivity contribution in [1.29, 1.82) is 0 Å². The summed E-state index contributed by atoms with van der Waals surface area (Å²) in [4.78, 5) is 24.4. The van der Waals surface area contributed by atoms with Crippen LogP contribution in [0.4, 0.5) is 11.4 Å². The number of amides is 2. The van der Waals surface area contributed by atoms with Crippen molar-refractivity contribution in [3.05, 3.63) is 53.6 Å². The van der Waals surface area contributed by atoms with Crippen molar-refractivity contribution in [2.75, 3.05) is 24.3 Å². The number of carbonyl (C=O) groups is 2. The highest BCUT2D eigenvalue weighted by molar-refractivity contribution is 6.07. The Bertz CT molecular complexity index is 742. The summed E-state index contributed by atoms with van der Waals surface area (Å²) in [5, 5.41) is 5.62. The summed E-state index contributed by atoms with van der Waals surface area (Å²) in [6.45, 7) is 2.41. The number of ether oxygens (including phenoxy) is 1. The van der Waals surface area contributed by atoms with Crippen molar-refractivity contribution in [2.45, 2.75) is 19.8 Å². The summed E-state index contributed by atoms with van der Waals surface area (Å²) in [5.74, 6) is 0.176. The molecule has 132 valence electrons. The van der Waals surface area contributed by atoms with Gasteiger partial charge in [0.2, 0.25) is 5.91 Å². The van der Waals surface area contributed by atoms with Crippen LogP contribution in [-0.4, -0.2) is 25.5 Å². The van der Waals surface area contributed by atoms with Crippen LogP contribution in [0.1, 0.15) is 28.8 Å². The summed E-state index contributed by atoms with van der Waals surface area (Å²) in [6, 6.07) is 12.4. The fraction of sp³-hybridized carbons (Fsp3) is 0.263. The quantitative estimate of drug-likeness (QED) is 0.722. The first-order valence-electron chi connectivity index (χ1n) is 8.09. The van der Waals surface area contributed by atoms with Crippen molar-refractivity contribution in [1.82, 2.24) is 0 Å². The van der Waals surface area contributed by atoms with E-state index in [1.54, 1.807) is 37.4 Å². The largest absolute Gasteiger partial charge is 0.497 e. The molecule has 0 unspecified atom stereocenters. The van der Waals surface area contributed by atoms with Gasteiger partial charge in [0.25, 0.3) is 5.91 Å². The van der Waals surface area contributed by atoms with Crippen LogP contribution < -0.4 is 21.1 Å². The highest BCUT2D eigenvalue weighted by atomic mass is 16.5. The molecule has 0 saturated carbocycles. The molecule has 6 heteroatoms. The molecule has 2 amide bonds. The molecule has 2 aromatic rings. The molecule has 0 aromatic heterocycles. The average molecular weight is 341 g/mol. The lowest BCUT2D eigenvalue weighted by Crippen LogP contribution is -2.17. The van der Waals surface area contributed by atoms with E-state index in [0.29, 0.717) is 42.1 Å². The summed E-state index contributed by atoms with van der Waals surface area (Å²) < 4.78 is 5.19. The van der Waals surface area contributed by atoms with E-state index >= 15 is 0 Å². The van der Waals surface area contributed by atoms with E-state index < -0.39 is 0 Å². The Balaban J connectivity index is 2.19. The van der Waals surface area contributed by atoms with E-state index in [-0.39, 0.29) is 11.8 Å². The number of nitrogens with one attached hydrogen (secondary N) is 2. The summed E-state index contributed by atoms with van der Waals surface area (Å²) in [7, 11) is 1.54. The van der Waals surface area contributed by atoms with Gasteiger partial charge in [-0.2, -0.15) is 0 Å². The molecule has 0 aliphatic heterocycles. The van der Waals surface area contributed by atoms with Crippen molar-refractivity contribution >= 4 is 23.2 Å². The van der Waals surface area contributed by atoms with Crippen LogP contribution >= 0.6 is 0 Å². The van der Waals surface area contributed by atoms with Gasteiger partial charge in [-0.15, -0.1) is 0 Å². The Labute approximate surface area is 147 Å². The summed E-state index contributed by atoms with van der Waals surface area (Å²) in [6.07, 6.45) is 0.917. The van der Waals surface area contributed by atoms with Crippen molar-refractivity contribution in [3.8, 4) is 5.75 Å². The van der Waals surface area contributed by atoms with Gasteiger partial charge in [-0.1, -0.05) is 17.7 Å². The molecule has 0 atom stereocenters. The Morgan fingerprint density at radius 2 is 1.76 bits per heavy atom. The van der Waals surface area contributed by atoms with Gasteiger partial charge in [-0.05, 0) is 44.2 Å². The molecule has 4 N–H and O–H groups in total. The maximum atomic E-state index is 12.4. The maximum absolute atomic E-state index is 12.4. The summed E-state index contributed by atoms with van der Waals surface area (Å²) >= 11 is 0. The standard InChI is InChI=1S/C19H23N3O3/c1-13-5-7-14(8-6-13)19(24)22-16-10-9-15(25-2)12-17(16)21-18(23)4-3-11-20/h5-10,12H,3-4,11,20H2,1-2H3,(H,21,23)(H,22,24). The number of benzene rings is 2. The number of anilines is 2. The van der Waals surface area contributed by atoms with Gasteiger partial charge in [-0.3, -0.25) is 9.59 Å². The van der Waals surface area contributed by atoms with Crippen molar-refractivity contribution in [3.63, 3.8) is 0 Å². The molecule has 0 spiro atoms. The predicted molar refractivity (Wildman–Crippen MR) is 99.0 cm³/mol. The molecular formula is C19H23N3O3. The minimum atomic E-state index is -0.248. The van der Waals surface area contributed by atoms with Crippen LogP contribution in [0.5, 0.6) is 5.75 Å². The van der Waals surface area contributed by atoms with Gasteiger partial charge >= 0.3 is 0 Å². The second-order valence-corrected chi connectivity index (χ2v) is 5.67. The molecule has 0 aliphatic rings. The molecular weight excluding hydrogens is 318 g/mol. The first kappa shape index (κ1) is 18.5. The fourth-order valence-electron chi connectivity index (χ4n) is 2.24. The van der Waals surface area contributed by atoms with Crippen LogP contribution in [0, 0.1) is 6.92 Å². The Morgan fingerprint density at radius 3 is 2.40 bits per heavy atom. The first-order valence-corrected chi connectivity index (χ1v) is 8.09. The molecule has 6 nitrogen and oxygen atoms in total. The zero-order valence-electron chi connectivity index (χ0n) is 14.5. The van der Waals surface area contributed by atoms with E-state index in [2.05, 4.69) is 10.6 Å². The Kier molecular flexibility index (Phi) is 6.54. The van der Waals surface area contributed by atoms with Crippen LogP contribution in [0.25, 0.3) is 0 Å². The van der Waals surface area contributed by atoms with Gasteiger partial charge in [0.15, 0.2) is 0 Å². The lowest BCUT2D eigenvalue weighted by Gasteiger charge is -2.14. The molecule has 0 aliphatic carbocycles. The van der Waals surface area contributed by atoms with E-state index in [4.69, 9.17) is 10.5 Å². The van der Waals surface area contributed by atoms with Crippen molar-refractivity contribution < 1.29 is 14.3 Å². The molecule has 2 aromatic carbocycles. The number of carbonyl (C=O) groups excluding carboxylic acids is 2. The minimum Gasteiger partial charge on any atom is -0.497 e. The molecule has 0 bridgehead atoms. The lowest BCUT2D eigenvalue weighted by atomic mass is 10.1. The van der Waals surface area contributed by atoms with Gasteiger partial charge < -0.3 is 21.1 Å². The third-order valence-corrected chi connectivity index (χ3v) is 3.67. The Hall–Kier alpha value is -2.86. The van der Waals surface area contributed by atoms with Crippen LogP contribution in [-0.2, 0) is 4.79 Å². The summed E-state index contributed by atoms with van der Waals surface area (Å²) in [5.41, 5.74) is 8.05. The second kappa shape index (κ2) is 8.84. The molecule has 0 saturated heterocycles. The van der Waals surface area contributed by atoms with E-state index in [1.807, 2.05) is 19.1 Å². The normalized spacial score (nSPS) is 10.2. The molecule has 2 rings (SSSR count). The zero-order chi connectivity index (χ0) is 18.2. The average Bonchev–Trinajstić information content (AvgIpc) is 2.61. The van der Waals surface area contributed by atoms with E-state index in [9.17, 15) is 9.59 Å². The van der Waals surface area contributed by atoms with Gasteiger partial charge in [0.05, 0.1) is 18.5 Å². The number of nitrogens with two attached hydrogens (primary N) is 1. The smallest absolute Gasteiger partial charge is 0.255 e. The van der Waals surface area contributed by atoms with Gasteiger partial charge in [-0.25, -0.2) is 0 Å². The van der Waals surface area contributed by atoms with Crippen LogP contribution in [0.15, 0.2) is 42.5 Å². The minimum absolute atomic E-state index is 0.162. The molecule has 0 fully saturated rings. The zero-order valence-corrected chi connectivity index (χ0v) is 14.5. The fourth-order valence-corrected chi connectivity index (χ4v) is 2.24. The number of hydrogen-bond acceptors (Lipinski definition) is 4. The highest BCUT2D eigenvalue weighted by Gasteiger charge is 2.12. The lowest BCUT2D eigenvalue weighted by molar-refractivity contribution is -0.116. The van der Waals surface area contributed by atoms with Crippen molar-refractivity contribution in [2.24, 2.45) is 5.73 Å². The Morgan fingerprint density at radius 1 is 1.04 bits per heavy atom. The highest BCUT2D eigenvalue weighted by Crippen LogP contribution is 2.28. The molecule has 0 heterocycles.